The number of rotatable bonds is 6. The molecule has 0 aromatic carbocycles. The first-order valence-electron chi connectivity index (χ1n) is 8.66. The van der Waals surface area contributed by atoms with Gasteiger partial charge in [0.05, 0.1) is 13.2 Å². The van der Waals surface area contributed by atoms with Gasteiger partial charge in [-0.2, -0.15) is 15.0 Å². The molecule has 0 atom stereocenters. The molecule has 2 aromatic rings. The number of aryl methyl sites for hydroxylation is 1. The van der Waals surface area contributed by atoms with Crippen LogP contribution in [0.1, 0.15) is 13.8 Å². The normalized spacial score (nSPS) is 14.3. The van der Waals surface area contributed by atoms with Crippen molar-refractivity contribution in [2.24, 2.45) is 7.05 Å². The minimum Gasteiger partial charge on any atom is -0.403 e. The molecule has 1 aliphatic rings. The lowest BCUT2D eigenvalue weighted by Gasteiger charge is -2.28. The van der Waals surface area contributed by atoms with Gasteiger partial charge < -0.3 is 19.3 Å². The Morgan fingerprint density at radius 2 is 1.88 bits per heavy atom. The van der Waals surface area contributed by atoms with E-state index >= 15 is 0 Å². The van der Waals surface area contributed by atoms with Gasteiger partial charge in [-0.1, -0.05) is 0 Å². The van der Waals surface area contributed by atoms with Gasteiger partial charge in [0.2, 0.25) is 17.8 Å². The highest BCUT2D eigenvalue weighted by atomic mass is 16.5. The first kappa shape index (κ1) is 18.1. The second-order valence-corrected chi connectivity index (χ2v) is 5.73. The molecule has 0 unspecified atom stereocenters. The fraction of sp³-hybridized carbons (Fsp3) is 0.562. The predicted molar refractivity (Wildman–Crippen MR) is 96.0 cm³/mol. The summed E-state index contributed by atoms with van der Waals surface area (Å²) < 4.78 is 12.3. The zero-order valence-corrected chi connectivity index (χ0v) is 15.3. The fourth-order valence-corrected chi connectivity index (χ4v) is 2.56. The van der Waals surface area contributed by atoms with Crippen LogP contribution in [-0.4, -0.2) is 64.1 Å². The number of aromatic nitrogens is 5. The molecule has 3 rings (SSSR count). The van der Waals surface area contributed by atoms with Gasteiger partial charge in [-0.3, -0.25) is 4.79 Å². The largest absolute Gasteiger partial charge is 0.403 e. The van der Waals surface area contributed by atoms with Crippen molar-refractivity contribution >= 4 is 11.9 Å². The lowest BCUT2D eigenvalue weighted by molar-refractivity contribution is 0.122. The highest BCUT2D eigenvalue weighted by Gasteiger charge is 2.19. The molecule has 1 aliphatic heterocycles. The molecule has 0 N–H and O–H groups in total. The summed E-state index contributed by atoms with van der Waals surface area (Å²) in [5.74, 6) is 1.34. The van der Waals surface area contributed by atoms with Gasteiger partial charge in [-0.25, -0.2) is 4.68 Å². The molecule has 0 spiro atoms. The molecular weight excluding hydrogens is 338 g/mol. The Hall–Kier alpha value is -2.75. The number of hydrogen-bond acceptors (Lipinski definition) is 9. The Morgan fingerprint density at radius 1 is 1.15 bits per heavy atom. The van der Waals surface area contributed by atoms with Crippen LogP contribution in [0.3, 0.4) is 0 Å². The number of ether oxygens (including phenoxy) is 2. The molecule has 1 fully saturated rings. The molecule has 1 saturated heterocycles. The minimum absolute atomic E-state index is 0.148. The minimum atomic E-state index is -0.217. The maximum absolute atomic E-state index is 11.5. The average Bonchev–Trinajstić information content (AvgIpc) is 2.66. The SMILES string of the molecule is CCN(CC)c1nc(Oc2ccc(=O)n(C)n2)nc(N2CCOCC2)n1. The van der Waals surface area contributed by atoms with E-state index in [2.05, 4.69) is 20.1 Å². The van der Waals surface area contributed by atoms with Gasteiger partial charge in [0.1, 0.15) is 0 Å². The summed E-state index contributed by atoms with van der Waals surface area (Å²) in [4.78, 5) is 29.0. The van der Waals surface area contributed by atoms with Crippen molar-refractivity contribution in [2.75, 3.05) is 49.2 Å². The molecule has 26 heavy (non-hydrogen) atoms. The van der Waals surface area contributed by atoms with E-state index in [1.807, 2.05) is 23.6 Å². The van der Waals surface area contributed by atoms with Crippen LogP contribution in [-0.2, 0) is 11.8 Å². The van der Waals surface area contributed by atoms with Crippen molar-refractivity contribution in [3.8, 4) is 11.9 Å². The van der Waals surface area contributed by atoms with Crippen LogP contribution in [0.25, 0.3) is 0 Å². The molecule has 0 bridgehead atoms. The van der Waals surface area contributed by atoms with E-state index < -0.39 is 0 Å². The van der Waals surface area contributed by atoms with Crippen LogP contribution in [0, 0.1) is 0 Å². The molecule has 3 heterocycles. The van der Waals surface area contributed by atoms with Crippen molar-refractivity contribution in [3.05, 3.63) is 22.5 Å². The van der Waals surface area contributed by atoms with Crippen molar-refractivity contribution in [1.29, 1.82) is 0 Å². The van der Waals surface area contributed by atoms with Gasteiger partial charge in [0.15, 0.2) is 0 Å². The Labute approximate surface area is 151 Å². The van der Waals surface area contributed by atoms with Crippen LogP contribution >= 0.6 is 0 Å². The van der Waals surface area contributed by atoms with E-state index in [0.717, 1.165) is 13.1 Å². The maximum atomic E-state index is 11.5. The van der Waals surface area contributed by atoms with E-state index in [4.69, 9.17) is 9.47 Å². The lowest BCUT2D eigenvalue weighted by Crippen LogP contribution is -2.38. The van der Waals surface area contributed by atoms with Crippen LogP contribution in [0.5, 0.6) is 11.9 Å². The number of nitrogens with zero attached hydrogens (tertiary/aromatic N) is 7. The van der Waals surface area contributed by atoms with Crippen molar-refractivity contribution in [3.63, 3.8) is 0 Å². The molecule has 0 amide bonds. The van der Waals surface area contributed by atoms with Gasteiger partial charge in [-0.15, -0.1) is 5.10 Å². The van der Waals surface area contributed by atoms with Gasteiger partial charge in [0, 0.05) is 45.4 Å². The first-order chi connectivity index (χ1) is 12.6. The monoisotopic (exact) mass is 361 g/mol. The highest BCUT2D eigenvalue weighted by molar-refractivity contribution is 5.41. The molecular formula is C16H23N7O3. The Morgan fingerprint density at radius 3 is 2.54 bits per heavy atom. The van der Waals surface area contributed by atoms with E-state index in [1.165, 1.54) is 16.8 Å². The summed E-state index contributed by atoms with van der Waals surface area (Å²) in [5, 5.41) is 4.06. The molecule has 140 valence electrons. The summed E-state index contributed by atoms with van der Waals surface area (Å²) in [5.41, 5.74) is -0.217. The van der Waals surface area contributed by atoms with E-state index in [1.54, 1.807) is 7.05 Å². The first-order valence-corrected chi connectivity index (χ1v) is 8.66. The third kappa shape index (κ3) is 4.07. The average molecular weight is 361 g/mol. The summed E-state index contributed by atoms with van der Waals surface area (Å²) in [6, 6.07) is 3.03. The lowest BCUT2D eigenvalue weighted by atomic mass is 10.4. The summed E-state index contributed by atoms with van der Waals surface area (Å²) >= 11 is 0. The maximum Gasteiger partial charge on any atom is 0.330 e. The Kier molecular flexibility index (Phi) is 5.61. The molecule has 0 saturated carbocycles. The molecule has 0 aliphatic carbocycles. The van der Waals surface area contributed by atoms with Crippen molar-refractivity contribution in [2.45, 2.75) is 13.8 Å². The van der Waals surface area contributed by atoms with Crippen LogP contribution in [0.2, 0.25) is 0 Å². The topological polar surface area (TPSA) is 98.5 Å². The highest BCUT2D eigenvalue weighted by Crippen LogP contribution is 2.21. The van der Waals surface area contributed by atoms with Crippen molar-refractivity contribution < 1.29 is 9.47 Å². The van der Waals surface area contributed by atoms with Crippen LogP contribution in [0.15, 0.2) is 16.9 Å². The third-order valence-corrected chi connectivity index (χ3v) is 4.06. The van der Waals surface area contributed by atoms with E-state index in [9.17, 15) is 4.79 Å². The molecule has 10 nitrogen and oxygen atoms in total. The zero-order chi connectivity index (χ0) is 18.5. The standard InChI is InChI=1S/C16H23N7O3/c1-4-22(5-2)14-17-15(23-8-10-25-11-9-23)19-16(18-14)26-12-6-7-13(24)21(3)20-12/h6-7H,4-5,8-11H2,1-3H3. The van der Waals surface area contributed by atoms with Gasteiger partial charge in [-0.05, 0) is 13.8 Å². The number of hydrogen-bond donors (Lipinski definition) is 0. The summed E-state index contributed by atoms with van der Waals surface area (Å²) in [6.45, 7) is 8.28. The molecule has 0 radical (unpaired) electrons. The fourth-order valence-electron chi connectivity index (χ4n) is 2.56. The number of morpholine rings is 1. The Bertz CT molecular complexity index is 801. The third-order valence-electron chi connectivity index (χ3n) is 4.06. The Balaban J connectivity index is 1.95. The molecule has 2 aromatic heterocycles. The zero-order valence-electron chi connectivity index (χ0n) is 15.3. The summed E-state index contributed by atoms with van der Waals surface area (Å²) in [7, 11) is 1.56. The van der Waals surface area contributed by atoms with Crippen LogP contribution < -0.4 is 20.1 Å². The van der Waals surface area contributed by atoms with Crippen molar-refractivity contribution in [1.82, 2.24) is 24.7 Å². The number of anilines is 2. The second-order valence-electron chi connectivity index (χ2n) is 5.73. The van der Waals surface area contributed by atoms with E-state index in [0.29, 0.717) is 38.2 Å². The van der Waals surface area contributed by atoms with Gasteiger partial charge in [0.25, 0.3) is 5.56 Å². The van der Waals surface area contributed by atoms with E-state index in [-0.39, 0.29) is 17.4 Å². The predicted octanol–water partition coefficient (Wildman–Crippen LogP) is 0.440. The van der Waals surface area contributed by atoms with Crippen LogP contribution in [0.4, 0.5) is 11.9 Å². The second kappa shape index (κ2) is 8.09. The van der Waals surface area contributed by atoms with Gasteiger partial charge >= 0.3 is 6.01 Å². The quantitative estimate of drug-likeness (QED) is 0.725. The smallest absolute Gasteiger partial charge is 0.330 e. The summed E-state index contributed by atoms with van der Waals surface area (Å²) in [6.07, 6.45) is 0. The molecule has 10 heteroatoms.